The Morgan fingerprint density at radius 3 is 2.72 bits per heavy atom. The van der Waals surface area contributed by atoms with Gasteiger partial charge in [0.25, 0.3) is 0 Å². The highest BCUT2D eigenvalue weighted by molar-refractivity contribution is 5.77. The van der Waals surface area contributed by atoms with Gasteiger partial charge in [-0.05, 0) is 17.7 Å². The number of benzene rings is 1. The van der Waals surface area contributed by atoms with Crippen molar-refractivity contribution in [1.29, 1.82) is 0 Å². The summed E-state index contributed by atoms with van der Waals surface area (Å²) in [4.78, 5) is 11.7. The third kappa shape index (κ3) is 4.01. The molecule has 0 amide bonds. The van der Waals surface area contributed by atoms with E-state index in [-0.39, 0.29) is 5.97 Å². The fourth-order valence-corrected chi connectivity index (χ4v) is 1.58. The van der Waals surface area contributed by atoms with Crippen LogP contribution in [0.3, 0.4) is 0 Å². The maximum atomic E-state index is 11.7. The van der Waals surface area contributed by atoms with Crippen molar-refractivity contribution in [3.05, 3.63) is 29.8 Å². The number of methoxy groups -OCH3 is 3. The highest BCUT2D eigenvalue weighted by atomic mass is 16.5. The highest BCUT2D eigenvalue weighted by Crippen LogP contribution is 2.20. The molecule has 0 heterocycles. The molecule has 5 heteroatoms. The molecule has 1 aromatic carbocycles. The summed E-state index contributed by atoms with van der Waals surface area (Å²) in [6.07, 6.45) is 0. The largest absolute Gasteiger partial charge is 0.497 e. The van der Waals surface area contributed by atoms with Gasteiger partial charge in [0.1, 0.15) is 11.8 Å². The van der Waals surface area contributed by atoms with Crippen LogP contribution in [0.5, 0.6) is 5.75 Å². The molecule has 1 unspecified atom stereocenters. The van der Waals surface area contributed by atoms with Crippen LogP contribution in [0.25, 0.3) is 0 Å². The Hall–Kier alpha value is -1.59. The van der Waals surface area contributed by atoms with Gasteiger partial charge in [0.15, 0.2) is 0 Å². The van der Waals surface area contributed by atoms with Crippen LogP contribution in [0, 0.1) is 0 Å². The van der Waals surface area contributed by atoms with E-state index in [9.17, 15) is 4.79 Å². The fraction of sp³-hybridized carbons (Fsp3) is 0.462. The van der Waals surface area contributed by atoms with Crippen molar-refractivity contribution in [3.8, 4) is 5.75 Å². The monoisotopic (exact) mass is 253 g/mol. The molecular weight excluding hydrogens is 234 g/mol. The third-order valence-electron chi connectivity index (χ3n) is 2.52. The first-order valence-electron chi connectivity index (χ1n) is 5.67. The fourth-order valence-electron chi connectivity index (χ4n) is 1.58. The first kappa shape index (κ1) is 14.5. The minimum absolute atomic E-state index is 0.334. The van der Waals surface area contributed by atoms with E-state index in [1.807, 2.05) is 18.2 Å². The number of carbonyl (C=O) groups is 1. The van der Waals surface area contributed by atoms with Crippen molar-refractivity contribution in [1.82, 2.24) is 5.32 Å². The van der Waals surface area contributed by atoms with Crippen LogP contribution in [0.4, 0.5) is 0 Å². The molecule has 18 heavy (non-hydrogen) atoms. The summed E-state index contributed by atoms with van der Waals surface area (Å²) in [6, 6.07) is 6.81. The molecule has 1 rings (SSSR count). The standard InChI is InChI=1S/C13H19NO4/c1-16-8-7-14-12(13(15)18-3)10-5-4-6-11(9-10)17-2/h4-6,9,12,14H,7-8H2,1-3H3. The topological polar surface area (TPSA) is 56.8 Å². The summed E-state index contributed by atoms with van der Waals surface area (Å²) in [7, 11) is 4.57. The zero-order chi connectivity index (χ0) is 13.4. The molecule has 100 valence electrons. The molecule has 0 aliphatic carbocycles. The number of ether oxygens (including phenoxy) is 3. The van der Waals surface area contributed by atoms with E-state index < -0.39 is 6.04 Å². The van der Waals surface area contributed by atoms with Crippen LogP contribution < -0.4 is 10.1 Å². The maximum Gasteiger partial charge on any atom is 0.327 e. The Morgan fingerprint density at radius 1 is 1.33 bits per heavy atom. The van der Waals surface area contributed by atoms with Gasteiger partial charge < -0.3 is 14.2 Å². The lowest BCUT2D eigenvalue weighted by atomic mass is 10.1. The molecule has 0 saturated heterocycles. The predicted molar refractivity (Wildman–Crippen MR) is 67.6 cm³/mol. The lowest BCUT2D eigenvalue weighted by Crippen LogP contribution is -2.32. The Morgan fingerprint density at radius 2 is 2.11 bits per heavy atom. The summed E-state index contributed by atoms with van der Waals surface area (Å²) in [5, 5.41) is 3.08. The van der Waals surface area contributed by atoms with Crippen molar-refractivity contribution >= 4 is 5.97 Å². The van der Waals surface area contributed by atoms with Crippen molar-refractivity contribution in [2.75, 3.05) is 34.5 Å². The second-order valence-electron chi connectivity index (χ2n) is 3.68. The smallest absolute Gasteiger partial charge is 0.327 e. The van der Waals surface area contributed by atoms with Crippen molar-refractivity contribution < 1.29 is 19.0 Å². The zero-order valence-corrected chi connectivity index (χ0v) is 10.9. The molecule has 0 bridgehead atoms. The molecule has 0 aliphatic rings. The Bertz CT molecular complexity index is 381. The van der Waals surface area contributed by atoms with E-state index in [0.717, 1.165) is 5.56 Å². The molecule has 0 aromatic heterocycles. The molecule has 1 N–H and O–H groups in total. The van der Waals surface area contributed by atoms with E-state index in [0.29, 0.717) is 18.9 Å². The van der Waals surface area contributed by atoms with Gasteiger partial charge in [0.2, 0.25) is 0 Å². The predicted octanol–water partition coefficient (Wildman–Crippen LogP) is 1.15. The zero-order valence-electron chi connectivity index (χ0n) is 10.9. The molecule has 0 spiro atoms. The molecule has 1 aromatic rings. The number of carbonyl (C=O) groups excluding carboxylic acids is 1. The number of hydrogen-bond donors (Lipinski definition) is 1. The number of esters is 1. The van der Waals surface area contributed by atoms with E-state index in [1.54, 1.807) is 20.3 Å². The van der Waals surface area contributed by atoms with Crippen LogP contribution in [0.1, 0.15) is 11.6 Å². The Balaban J connectivity index is 2.83. The van der Waals surface area contributed by atoms with Crippen LogP contribution in [0.15, 0.2) is 24.3 Å². The minimum atomic E-state index is -0.514. The average Bonchev–Trinajstić information content (AvgIpc) is 2.43. The lowest BCUT2D eigenvalue weighted by Gasteiger charge is -2.17. The molecule has 0 fully saturated rings. The molecule has 0 saturated carbocycles. The third-order valence-corrected chi connectivity index (χ3v) is 2.52. The minimum Gasteiger partial charge on any atom is -0.497 e. The van der Waals surface area contributed by atoms with Gasteiger partial charge in [-0.3, -0.25) is 5.32 Å². The number of hydrogen-bond acceptors (Lipinski definition) is 5. The first-order chi connectivity index (χ1) is 8.72. The molecule has 5 nitrogen and oxygen atoms in total. The molecular formula is C13H19NO4. The maximum absolute atomic E-state index is 11.7. The van der Waals surface area contributed by atoms with Gasteiger partial charge in [-0.2, -0.15) is 0 Å². The second kappa shape index (κ2) is 7.68. The van der Waals surface area contributed by atoms with Crippen LogP contribution in [0.2, 0.25) is 0 Å². The van der Waals surface area contributed by atoms with Gasteiger partial charge in [-0.25, -0.2) is 4.79 Å². The summed E-state index contributed by atoms with van der Waals surface area (Å²) in [5.74, 6) is 0.370. The quantitative estimate of drug-likeness (QED) is 0.583. The van der Waals surface area contributed by atoms with Crippen LogP contribution >= 0.6 is 0 Å². The van der Waals surface area contributed by atoms with Gasteiger partial charge >= 0.3 is 5.97 Å². The van der Waals surface area contributed by atoms with E-state index >= 15 is 0 Å². The van der Waals surface area contributed by atoms with Crippen molar-refractivity contribution in [3.63, 3.8) is 0 Å². The van der Waals surface area contributed by atoms with Gasteiger partial charge in [0.05, 0.1) is 20.8 Å². The lowest BCUT2D eigenvalue weighted by molar-refractivity contribution is -0.143. The van der Waals surface area contributed by atoms with Gasteiger partial charge in [-0.15, -0.1) is 0 Å². The van der Waals surface area contributed by atoms with Crippen molar-refractivity contribution in [2.45, 2.75) is 6.04 Å². The summed E-state index contributed by atoms with van der Waals surface area (Å²) < 4.78 is 14.9. The van der Waals surface area contributed by atoms with Gasteiger partial charge in [-0.1, -0.05) is 12.1 Å². The molecule has 0 aliphatic heterocycles. The molecule has 0 radical (unpaired) electrons. The van der Waals surface area contributed by atoms with E-state index in [2.05, 4.69) is 5.32 Å². The summed E-state index contributed by atoms with van der Waals surface area (Å²) >= 11 is 0. The van der Waals surface area contributed by atoms with Crippen molar-refractivity contribution in [2.24, 2.45) is 0 Å². The Kier molecular flexibility index (Phi) is 6.18. The van der Waals surface area contributed by atoms with Crippen LogP contribution in [-0.4, -0.2) is 40.5 Å². The average molecular weight is 253 g/mol. The van der Waals surface area contributed by atoms with Gasteiger partial charge in [0, 0.05) is 13.7 Å². The first-order valence-corrected chi connectivity index (χ1v) is 5.67. The summed E-state index contributed by atoms with van der Waals surface area (Å²) in [5.41, 5.74) is 0.803. The highest BCUT2D eigenvalue weighted by Gasteiger charge is 2.20. The Labute approximate surface area is 107 Å². The van der Waals surface area contributed by atoms with E-state index in [4.69, 9.17) is 14.2 Å². The number of nitrogens with one attached hydrogen (secondary N) is 1. The SMILES string of the molecule is COCCNC(C(=O)OC)c1cccc(OC)c1. The molecule has 1 atom stereocenters. The van der Waals surface area contributed by atoms with Crippen LogP contribution in [-0.2, 0) is 14.3 Å². The number of rotatable bonds is 7. The van der Waals surface area contributed by atoms with E-state index in [1.165, 1.54) is 7.11 Å². The normalized spacial score (nSPS) is 11.9. The second-order valence-corrected chi connectivity index (χ2v) is 3.68. The summed E-state index contributed by atoms with van der Waals surface area (Å²) in [6.45, 7) is 1.09.